The lowest BCUT2D eigenvalue weighted by molar-refractivity contribution is -0.143. The summed E-state index contributed by atoms with van der Waals surface area (Å²) >= 11 is 6.05. The fraction of sp³-hybridized carbons (Fsp3) is 0.474. The Hall–Kier alpha value is -2.01. The molecule has 0 unspecified atom stereocenters. The molecule has 3 rings (SSSR count). The van der Waals surface area contributed by atoms with Gasteiger partial charge in [-0.25, -0.2) is 0 Å². The second kappa shape index (κ2) is 7.91. The summed E-state index contributed by atoms with van der Waals surface area (Å²) in [6.07, 6.45) is 5.57. The van der Waals surface area contributed by atoms with Crippen LogP contribution in [0.1, 0.15) is 32.1 Å². The van der Waals surface area contributed by atoms with Crippen LogP contribution >= 0.6 is 11.6 Å². The van der Waals surface area contributed by atoms with Gasteiger partial charge in [-0.1, -0.05) is 17.7 Å². The number of aromatic nitrogens is 1. The maximum atomic E-state index is 12.1. The number of halogens is 1. The van der Waals surface area contributed by atoms with E-state index >= 15 is 0 Å². The molecule has 2 N–H and O–H groups in total. The number of carboxylic acid groups (broad SMARTS) is 1. The van der Waals surface area contributed by atoms with Crippen LogP contribution in [0.25, 0.3) is 10.9 Å². The Morgan fingerprint density at radius 3 is 2.68 bits per heavy atom. The summed E-state index contributed by atoms with van der Waals surface area (Å²) in [5, 5.41) is 13.8. The first kappa shape index (κ1) is 17.8. The molecule has 5 nitrogen and oxygen atoms in total. The molecule has 1 aromatic heterocycles. The number of nitrogens with one attached hydrogen (secondary N) is 1. The summed E-state index contributed by atoms with van der Waals surface area (Å²) in [5.41, 5.74) is 1.03. The van der Waals surface area contributed by atoms with Crippen LogP contribution in [0.4, 0.5) is 0 Å². The van der Waals surface area contributed by atoms with Gasteiger partial charge in [-0.05, 0) is 55.2 Å². The van der Waals surface area contributed by atoms with Crippen LogP contribution in [0.15, 0.2) is 30.5 Å². The van der Waals surface area contributed by atoms with E-state index in [0.717, 1.165) is 23.7 Å². The smallest absolute Gasteiger partial charge is 0.306 e. The highest BCUT2D eigenvalue weighted by atomic mass is 35.5. The number of amides is 1. The van der Waals surface area contributed by atoms with Crippen molar-refractivity contribution in [3.63, 3.8) is 0 Å². The highest BCUT2D eigenvalue weighted by Crippen LogP contribution is 2.28. The van der Waals surface area contributed by atoms with Crippen molar-refractivity contribution >= 4 is 34.4 Å². The average molecular weight is 363 g/mol. The summed E-state index contributed by atoms with van der Waals surface area (Å²) in [5.74, 6) is -0.475. The number of benzene rings is 1. The molecule has 1 aliphatic carbocycles. The molecule has 1 saturated carbocycles. The number of hydrogen-bond acceptors (Lipinski definition) is 2. The van der Waals surface area contributed by atoms with Gasteiger partial charge in [0.1, 0.15) is 0 Å². The molecule has 0 radical (unpaired) electrons. The van der Waals surface area contributed by atoms with E-state index in [9.17, 15) is 9.59 Å². The number of aliphatic carboxylic acids is 1. The van der Waals surface area contributed by atoms with Crippen molar-refractivity contribution in [2.45, 2.75) is 38.6 Å². The van der Waals surface area contributed by atoms with Gasteiger partial charge in [-0.3, -0.25) is 9.59 Å². The van der Waals surface area contributed by atoms with Crippen molar-refractivity contribution in [1.29, 1.82) is 0 Å². The Kier molecular flexibility index (Phi) is 5.63. The molecule has 1 aromatic carbocycles. The number of carboxylic acids is 1. The highest BCUT2D eigenvalue weighted by molar-refractivity contribution is 6.31. The molecule has 1 aliphatic rings. The van der Waals surface area contributed by atoms with E-state index in [0.29, 0.717) is 43.3 Å². The number of fused-ring (bicyclic) bond motifs is 1. The molecule has 134 valence electrons. The minimum Gasteiger partial charge on any atom is -0.481 e. The van der Waals surface area contributed by atoms with E-state index in [4.69, 9.17) is 16.7 Å². The zero-order chi connectivity index (χ0) is 17.8. The molecule has 0 atom stereocenters. The monoisotopic (exact) mass is 362 g/mol. The minimum atomic E-state index is -0.693. The highest BCUT2D eigenvalue weighted by Gasteiger charge is 2.25. The van der Waals surface area contributed by atoms with Crippen molar-refractivity contribution in [2.75, 3.05) is 6.54 Å². The van der Waals surface area contributed by atoms with Gasteiger partial charge in [0.25, 0.3) is 0 Å². The summed E-state index contributed by atoms with van der Waals surface area (Å²) in [4.78, 5) is 23.1. The molecular weight excluding hydrogens is 340 g/mol. The third-order valence-corrected chi connectivity index (χ3v) is 5.33. The van der Waals surface area contributed by atoms with Crippen LogP contribution in [-0.2, 0) is 16.1 Å². The normalized spacial score (nSPS) is 20.5. The number of nitrogens with zero attached hydrogens (tertiary/aromatic N) is 1. The standard InChI is InChI=1S/C19H23ClN2O3/c20-16-6-5-14-7-9-22(17(14)11-16)10-8-18(23)21-12-13-1-3-15(4-2-13)19(24)25/h5-7,9,11,13,15H,1-4,8,10,12H2,(H,21,23)(H,24,25). The number of rotatable bonds is 6. The van der Waals surface area contributed by atoms with Gasteiger partial charge in [0.05, 0.1) is 5.92 Å². The van der Waals surface area contributed by atoms with Crippen LogP contribution in [-0.4, -0.2) is 28.1 Å². The molecule has 1 fully saturated rings. The molecule has 0 spiro atoms. The molecule has 6 heteroatoms. The van der Waals surface area contributed by atoms with Crippen molar-refractivity contribution in [1.82, 2.24) is 9.88 Å². The van der Waals surface area contributed by atoms with Crippen molar-refractivity contribution < 1.29 is 14.7 Å². The van der Waals surface area contributed by atoms with Crippen LogP contribution < -0.4 is 5.32 Å². The Balaban J connectivity index is 1.44. The van der Waals surface area contributed by atoms with Crippen LogP contribution in [0, 0.1) is 11.8 Å². The second-order valence-corrected chi connectivity index (χ2v) is 7.26. The first-order chi connectivity index (χ1) is 12.0. The lowest BCUT2D eigenvalue weighted by Crippen LogP contribution is -2.32. The zero-order valence-electron chi connectivity index (χ0n) is 14.1. The number of aryl methyl sites for hydroxylation is 1. The largest absolute Gasteiger partial charge is 0.481 e. The van der Waals surface area contributed by atoms with Gasteiger partial charge >= 0.3 is 5.97 Å². The van der Waals surface area contributed by atoms with E-state index in [1.807, 2.05) is 35.0 Å². The average Bonchev–Trinajstić information content (AvgIpc) is 3.00. The maximum Gasteiger partial charge on any atom is 0.306 e. The maximum absolute atomic E-state index is 12.1. The first-order valence-corrected chi connectivity index (χ1v) is 9.14. The quantitative estimate of drug-likeness (QED) is 0.823. The minimum absolute atomic E-state index is 0.0317. The van der Waals surface area contributed by atoms with Gasteiger partial charge in [-0.2, -0.15) is 0 Å². The van der Waals surface area contributed by atoms with E-state index in [1.54, 1.807) is 0 Å². The summed E-state index contributed by atoms with van der Waals surface area (Å²) in [6, 6.07) is 7.77. The molecule has 1 amide bonds. The molecule has 0 aliphatic heterocycles. The number of carbonyl (C=O) groups excluding carboxylic acids is 1. The van der Waals surface area contributed by atoms with E-state index in [1.165, 1.54) is 0 Å². The van der Waals surface area contributed by atoms with Gasteiger partial charge < -0.3 is 15.0 Å². The van der Waals surface area contributed by atoms with Gasteiger partial charge in [0.15, 0.2) is 0 Å². The second-order valence-electron chi connectivity index (χ2n) is 6.82. The van der Waals surface area contributed by atoms with E-state index in [2.05, 4.69) is 5.32 Å². The molecule has 1 heterocycles. The molecular formula is C19H23ClN2O3. The predicted octanol–water partition coefficient (Wildman–Crippen LogP) is 3.69. The molecule has 0 bridgehead atoms. The molecule has 0 saturated heterocycles. The number of carbonyl (C=O) groups is 2. The summed E-state index contributed by atoms with van der Waals surface area (Å²) < 4.78 is 2.04. The van der Waals surface area contributed by atoms with Crippen LogP contribution in [0.5, 0.6) is 0 Å². The predicted molar refractivity (Wildman–Crippen MR) is 97.7 cm³/mol. The van der Waals surface area contributed by atoms with Gasteiger partial charge in [0, 0.05) is 36.2 Å². The lowest BCUT2D eigenvalue weighted by Gasteiger charge is -2.26. The zero-order valence-corrected chi connectivity index (χ0v) is 14.8. The third kappa shape index (κ3) is 4.54. The van der Waals surface area contributed by atoms with Gasteiger partial charge in [0.2, 0.25) is 5.91 Å². The Morgan fingerprint density at radius 2 is 1.96 bits per heavy atom. The fourth-order valence-electron chi connectivity index (χ4n) is 3.53. The Labute approximate surface area is 152 Å². The van der Waals surface area contributed by atoms with Crippen molar-refractivity contribution in [3.8, 4) is 0 Å². The Bertz CT molecular complexity index is 763. The van der Waals surface area contributed by atoms with E-state index < -0.39 is 5.97 Å². The third-order valence-electron chi connectivity index (χ3n) is 5.10. The van der Waals surface area contributed by atoms with Crippen molar-refractivity contribution in [2.24, 2.45) is 11.8 Å². The number of hydrogen-bond donors (Lipinski definition) is 2. The van der Waals surface area contributed by atoms with Crippen molar-refractivity contribution in [3.05, 3.63) is 35.5 Å². The van der Waals surface area contributed by atoms with Crippen LogP contribution in [0.3, 0.4) is 0 Å². The van der Waals surface area contributed by atoms with E-state index in [-0.39, 0.29) is 11.8 Å². The topological polar surface area (TPSA) is 71.3 Å². The molecule has 25 heavy (non-hydrogen) atoms. The summed E-state index contributed by atoms with van der Waals surface area (Å²) in [7, 11) is 0. The molecule has 2 aromatic rings. The first-order valence-electron chi connectivity index (χ1n) is 8.77. The SMILES string of the molecule is O=C(CCn1ccc2ccc(Cl)cc21)NCC1CCC(C(=O)O)CC1. The van der Waals surface area contributed by atoms with Gasteiger partial charge in [-0.15, -0.1) is 0 Å². The Morgan fingerprint density at radius 1 is 1.20 bits per heavy atom. The summed E-state index contributed by atoms with van der Waals surface area (Å²) in [6.45, 7) is 1.25. The lowest BCUT2D eigenvalue weighted by atomic mass is 9.82. The van der Waals surface area contributed by atoms with Crippen LogP contribution in [0.2, 0.25) is 5.02 Å². The fourth-order valence-corrected chi connectivity index (χ4v) is 3.70.